The molecule has 80 valence electrons. The van der Waals surface area contributed by atoms with Gasteiger partial charge in [-0.05, 0) is 18.2 Å². The maximum atomic E-state index is 12.7. The third kappa shape index (κ3) is 3.11. The molecule has 3 N–H and O–H groups in total. The van der Waals surface area contributed by atoms with E-state index in [1.165, 1.54) is 12.1 Å². The molecule has 0 aliphatic heterocycles. The van der Waals surface area contributed by atoms with Gasteiger partial charge in [-0.3, -0.25) is 4.72 Å². The third-order valence-electron chi connectivity index (χ3n) is 1.52. The van der Waals surface area contributed by atoms with E-state index in [1.54, 1.807) is 0 Å². The Morgan fingerprint density at radius 2 is 2.20 bits per heavy atom. The second-order valence-corrected chi connectivity index (χ2v) is 4.48. The van der Waals surface area contributed by atoms with Gasteiger partial charge in [0.1, 0.15) is 5.82 Å². The largest absolute Gasteiger partial charge is 0.396 e. The number of sulfonamides is 1. The number of nitrogen functional groups attached to an aromatic ring is 1. The molecule has 1 aromatic carbocycles. The van der Waals surface area contributed by atoms with Crippen LogP contribution in [-0.4, -0.2) is 14.2 Å². The van der Waals surface area contributed by atoms with E-state index >= 15 is 0 Å². The van der Waals surface area contributed by atoms with Gasteiger partial charge < -0.3 is 5.73 Å². The van der Waals surface area contributed by atoms with Crippen LogP contribution in [0.1, 0.15) is 0 Å². The van der Waals surface area contributed by atoms with Crippen LogP contribution in [0.25, 0.3) is 0 Å². The number of nitrogens with two attached hydrogens (primary N) is 1. The van der Waals surface area contributed by atoms with Crippen molar-refractivity contribution in [2.24, 2.45) is 0 Å². The first-order chi connectivity index (χ1) is 6.94. The number of nitrogens with zero attached hydrogens (tertiary/aromatic N) is 1. The van der Waals surface area contributed by atoms with Crippen molar-refractivity contribution in [1.82, 2.24) is 0 Å². The summed E-state index contributed by atoms with van der Waals surface area (Å²) in [5.74, 6) is -1.29. The lowest BCUT2D eigenvalue weighted by Gasteiger charge is -2.05. The van der Waals surface area contributed by atoms with Crippen LogP contribution in [0.3, 0.4) is 0 Å². The Bertz CT molecular complexity index is 507. The molecule has 0 saturated heterocycles. The zero-order valence-electron chi connectivity index (χ0n) is 7.57. The Balaban J connectivity index is 2.92. The molecule has 0 amide bonds. The van der Waals surface area contributed by atoms with E-state index in [9.17, 15) is 12.8 Å². The van der Waals surface area contributed by atoms with Crippen LogP contribution in [0.2, 0.25) is 0 Å². The van der Waals surface area contributed by atoms with Crippen molar-refractivity contribution in [2.75, 3.05) is 16.2 Å². The first-order valence-electron chi connectivity index (χ1n) is 3.87. The molecule has 0 radical (unpaired) electrons. The molecule has 0 atom stereocenters. The molecule has 0 heterocycles. The molecule has 0 aliphatic carbocycles. The third-order valence-corrected chi connectivity index (χ3v) is 2.58. The summed E-state index contributed by atoms with van der Waals surface area (Å²) in [6, 6.07) is 4.91. The highest BCUT2D eigenvalue weighted by atomic mass is 32.2. The summed E-state index contributed by atoms with van der Waals surface area (Å²) < 4.78 is 37.1. The van der Waals surface area contributed by atoms with Crippen LogP contribution in [0.5, 0.6) is 0 Å². The average Bonchev–Trinajstić information content (AvgIpc) is 2.10. The van der Waals surface area contributed by atoms with E-state index in [0.717, 1.165) is 12.1 Å². The van der Waals surface area contributed by atoms with Gasteiger partial charge in [0.05, 0.1) is 17.4 Å². The maximum absolute atomic E-state index is 12.7. The zero-order valence-corrected chi connectivity index (χ0v) is 8.38. The molecule has 0 saturated carbocycles. The fourth-order valence-electron chi connectivity index (χ4n) is 0.908. The predicted octanol–water partition coefficient (Wildman–Crippen LogP) is 0.673. The Hall–Kier alpha value is -1.81. The van der Waals surface area contributed by atoms with E-state index in [2.05, 4.69) is 4.72 Å². The summed E-state index contributed by atoms with van der Waals surface area (Å²) in [7, 11) is -3.70. The molecule has 1 rings (SSSR count). The normalized spacial score (nSPS) is 10.7. The lowest BCUT2D eigenvalue weighted by molar-refractivity contribution is 0.604. The highest BCUT2D eigenvalue weighted by molar-refractivity contribution is 7.92. The van der Waals surface area contributed by atoms with Crippen LogP contribution in [0.4, 0.5) is 15.8 Å². The Morgan fingerprint density at radius 3 is 2.73 bits per heavy atom. The van der Waals surface area contributed by atoms with Gasteiger partial charge in [-0.2, -0.15) is 5.26 Å². The minimum atomic E-state index is -3.70. The summed E-state index contributed by atoms with van der Waals surface area (Å²) in [5.41, 5.74) is 5.21. The van der Waals surface area contributed by atoms with Gasteiger partial charge in [-0.15, -0.1) is 0 Å². The minimum absolute atomic E-state index is 0.129. The number of nitrogens with one attached hydrogen (secondary N) is 1. The van der Waals surface area contributed by atoms with Crippen molar-refractivity contribution < 1.29 is 12.8 Å². The molecule has 0 unspecified atom stereocenters. The van der Waals surface area contributed by atoms with Gasteiger partial charge in [0, 0.05) is 0 Å². The fraction of sp³-hybridized carbons (Fsp3) is 0.125. The molecule has 1 aromatic rings. The zero-order chi connectivity index (χ0) is 11.5. The molecule has 0 aromatic heterocycles. The van der Waals surface area contributed by atoms with E-state index in [0.29, 0.717) is 0 Å². The lowest BCUT2D eigenvalue weighted by Crippen LogP contribution is -2.15. The van der Waals surface area contributed by atoms with E-state index in [4.69, 9.17) is 11.0 Å². The monoisotopic (exact) mass is 229 g/mol. The number of anilines is 2. The standard InChI is InChI=1S/C8H8FN3O2S/c9-7-2-1-6(5-8(7)11)12-15(13,14)4-3-10/h1-2,5,12H,4,11H2. The minimum Gasteiger partial charge on any atom is -0.396 e. The van der Waals surface area contributed by atoms with Crippen molar-refractivity contribution in [2.45, 2.75) is 0 Å². The summed E-state index contributed by atoms with van der Waals surface area (Å²) >= 11 is 0. The Labute approximate surface area is 86.4 Å². The highest BCUT2D eigenvalue weighted by Crippen LogP contribution is 2.17. The second kappa shape index (κ2) is 4.14. The van der Waals surface area contributed by atoms with Gasteiger partial charge in [0.2, 0.25) is 10.0 Å². The van der Waals surface area contributed by atoms with Crippen molar-refractivity contribution in [3.63, 3.8) is 0 Å². The van der Waals surface area contributed by atoms with E-state index in [-0.39, 0.29) is 11.4 Å². The molecule has 0 aliphatic rings. The predicted molar refractivity (Wildman–Crippen MR) is 53.8 cm³/mol. The van der Waals surface area contributed by atoms with Gasteiger partial charge in [-0.1, -0.05) is 0 Å². The van der Waals surface area contributed by atoms with Crippen LogP contribution in [0, 0.1) is 17.1 Å². The summed E-state index contributed by atoms with van der Waals surface area (Å²) in [6.45, 7) is 0. The molecular weight excluding hydrogens is 221 g/mol. The van der Waals surface area contributed by atoms with E-state index in [1.807, 2.05) is 0 Å². The van der Waals surface area contributed by atoms with Crippen LogP contribution in [-0.2, 0) is 10.0 Å². The first-order valence-corrected chi connectivity index (χ1v) is 5.52. The Kier molecular flexibility index (Phi) is 3.11. The SMILES string of the molecule is N#CCS(=O)(=O)Nc1ccc(F)c(N)c1. The highest BCUT2D eigenvalue weighted by Gasteiger charge is 2.10. The van der Waals surface area contributed by atoms with Crippen LogP contribution < -0.4 is 10.5 Å². The van der Waals surface area contributed by atoms with Crippen molar-refractivity contribution in [3.8, 4) is 6.07 Å². The molecule has 5 nitrogen and oxygen atoms in total. The summed E-state index contributed by atoms with van der Waals surface area (Å²) in [4.78, 5) is 0. The summed E-state index contributed by atoms with van der Waals surface area (Å²) in [6.07, 6.45) is 0. The van der Waals surface area contributed by atoms with Gasteiger partial charge in [0.25, 0.3) is 0 Å². The number of halogens is 1. The first kappa shape index (κ1) is 11.3. The molecule has 15 heavy (non-hydrogen) atoms. The molecule has 0 bridgehead atoms. The lowest BCUT2D eigenvalue weighted by atomic mass is 10.3. The maximum Gasteiger partial charge on any atom is 0.246 e. The molecule has 7 heteroatoms. The average molecular weight is 229 g/mol. The second-order valence-electron chi connectivity index (χ2n) is 2.76. The number of hydrogen-bond acceptors (Lipinski definition) is 4. The summed E-state index contributed by atoms with van der Waals surface area (Å²) in [5, 5.41) is 8.22. The number of nitriles is 1. The smallest absolute Gasteiger partial charge is 0.246 e. The number of benzene rings is 1. The van der Waals surface area contributed by atoms with E-state index < -0.39 is 21.6 Å². The quantitative estimate of drug-likeness (QED) is 0.744. The van der Waals surface area contributed by atoms with Gasteiger partial charge in [-0.25, -0.2) is 12.8 Å². The van der Waals surface area contributed by atoms with Gasteiger partial charge >= 0.3 is 0 Å². The van der Waals surface area contributed by atoms with Crippen LogP contribution >= 0.6 is 0 Å². The van der Waals surface area contributed by atoms with Gasteiger partial charge in [0.15, 0.2) is 5.75 Å². The van der Waals surface area contributed by atoms with Crippen molar-refractivity contribution in [3.05, 3.63) is 24.0 Å². The molecule has 0 spiro atoms. The van der Waals surface area contributed by atoms with Crippen molar-refractivity contribution >= 4 is 21.4 Å². The molecular formula is C8H8FN3O2S. The fourth-order valence-corrected chi connectivity index (χ4v) is 1.64. The topological polar surface area (TPSA) is 96.0 Å². The van der Waals surface area contributed by atoms with Crippen molar-refractivity contribution in [1.29, 1.82) is 5.26 Å². The number of rotatable bonds is 3. The molecule has 0 fully saturated rings. The number of hydrogen-bond donors (Lipinski definition) is 2. The Morgan fingerprint density at radius 1 is 1.53 bits per heavy atom. The van der Waals surface area contributed by atoms with Crippen LogP contribution in [0.15, 0.2) is 18.2 Å².